The van der Waals surface area contributed by atoms with Crippen LogP contribution in [0.4, 0.5) is 15.8 Å². The molecule has 4 heterocycles. The average molecular weight is 615 g/mol. The van der Waals surface area contributed by atoms with Crippen molar-refractivity contribution in [2.45, 2.75) is 27.6 Å². The number of anilines is 2. The smallest absolute Gasteiger partial charge is 0.308 e. The van der Waals surface area contributed by atoms with E-state index >= 15 is 0 Å². The van der Waals surface area contributed by atoms with Crippen LogP contribution in [0.3, 0.4) is 0 Å². The van der Waals surface area contributed by atoms with E-state index in [4.69, 9.17) is 9.56 Å². The lowest BCUT2D eigenvalue weighted by Crippen LogP contribution is -2.32. The molecule has 210 valence electrons. The average Bonchev–Trinajstić information content (AvgIpc) is 3.62. The summed E-state index contributed by atoms with van der Waals surface area (Å²) in [7, 11) is -3.91. The third-order valence-electron chi connectivity index (χ3n) is 6.75. The molecule has 3 atom stereocenters. The maximum Gasteiger partial charge on any atom is 0.308 e. The van der Waals surface area contributed by atoms with Crippen LogP contribution in [0.15, 0.2) is 86.1 Å². The molecule has 2 aromatic heterocycles. The molecule has 2 aromatic carbocycles. The van der Waals surface area contributed by atoms with E-state index in [1.165, 1.54) is 47.2 Å². The van der Waals surface area contributed by atoms with E-state index in [1.54, 1.807) is 12.1 Å². The van der Waals surface area contributed by atoms with E-state index in [-0.39, 0.29) is 16.3 Å². The Balaban J connectivity index is 1.33. The van der Waals surface area contributed by atoms with Crippen molar-refractivity contribution in [3.63, 3.8) is 0 Å². The highest BCUT2D eigenvalue weighted by molar-refractivity contribution is 8.00. The highest BCUT2D eigenvalue weighted by atomic mass is 32.2. The standard InChI is InChI=1S/C26H19FN4O7S3/c27-13-3-7-15(8-4-13)31-23(33)20-19(17-2-1-11-38-17)22-25(39-21(20)24(31)34)30(26(35)40-22)12-18(32)29-14-5-9-16(10-6-14)41(28,36)37/h1-11,19-21H,12H2,(H,29,32)(H2,28,36,37)/t19-,20-,21+/m0/s1. The van der Waals surface area contributed by atoms with Crippen LogP contribution in [0.5, 0.6) is 0 Å². The summed E-state index contributed by atoms with van der Waals surface area (Å²) in [5.41, 5.74) is 0.510. The van der Waals surface area contributed by atoms with Crippen molar-refractivity contribution in [1.82, 2.24) is 4.57 Å². The fraction of sp³-hybridized carbons (Fsp3) is 0.154. The lowest BCUT2D eigenvalue weighted by atomic mass is 9.87. The van der Waals surface area contributed by atoms with Gasteiger partial charge in [-0.3, -0.25) is 23.7 Å². The van der Waals surface area contributed by atoms with Crippen LogP contribution in [0.25, 0.3) is 0 Å². The number of nitrogens with two attached hydrogens (primary N) is 1. The van der Waals surface area contributed by atoms with E-state index in [9.17, 15) is 32.0 Å². The van der Waals surface area contributed by atoms with Crippen LogP contribution in [0, 0.1) is 11.7 Å². The minimum Gasteiger partial charge on any atom is -0.469 e. The molecule has 0 aliphatic carbocycles. The van der Waals surface area contributed by atoms with Gasteiger partial charge in [0.1, 0.15) is 23.4 Å². The number of nitrogens with zero attached hydrogens (tertiary/aromatic N) is 2. The van der Waals surface area contributed by atoms with Crippen LogP contribution >= 0.6 is 23.1 Å². The third-order valence-corrected chi connectivity index (χ3v) is 10.3. The van der Waals surface area contributed by atoms with Crippen LogP contribution in [0.1, 0.15) is 16.6 Å². The van der Waals surface area contributed by atoms with Gasteiger partial charge in [0.15, 0.2) is 0 Å². The molecule has 1 fully saturated rings. The quantitative estimate of drug-likeness (QED) is 0.314. The van der Waals surface area contributed by atoms with Crippen molar-refractivity contribution >= 4 is 62.2 Å². The van der Waals surface area contributed by atoms with E-state index in [1.807, 2.05) is 0 Å². The number of furan rings is 1. The summed E-state index contributed by atoms with van der Waals surface area (Å²) in [6.07, 6.45) is 1.43. The van der Waals surface area contributed by atoms with Crippen molar-refractivity contribution in [2.75, 3.05) is 10.2 Å². The Kier molecular flexibility index (Phi) is 6.68. The number of rotatable bonds is 6. The van der Waals surface area contributed by atoms with Crippen LogP contribution in [-0.2, 0) is 31.0 Å². The molecule has 0 saturated carbocycles. The lowest BCUT2D eigenvalue weighted by molar-refractivity contribution is -0.122. The van der Waals surface area contributed by atoms with Gasteiger partial charge in [0.25, 0.3) is 0 Å². The molecule has 3 amide bonds. The maximum atomic E-state index is 13.7. The molecular weight excluding hydrogens is 596 g/mol. The number of hydrogen-bond acceptors (Lipinski definition) is 9. The molecule has 0 bridgehead atoms. The first kappa shape index (κ1) is 27.1. The first-order chi connectivity index (χ1) is 19.5. The number of carbonyl (C=O) groups excluding carboxylic acids is 3. The summed E-state index contributed by atoms with van der Waals surface area (Å²) in [6, 6.07) is 13.5. The largest absolute Gasteiger partial charge is 0.469 e. The van der Waals surface area contributed by atoms with E-state index in [2.05, 4.69) is 5.32 Å². The second kappa shape index (κ2) is 10.1. The van der Waals surface area contributed by atoms with Gasteiger partial charge in [-0.25, -0.2) is 22.8 Å². The number of amides is 3. The second-order valence-corrected chi connectivity index (χ2v) is 13.0. The van der Waals surface area contributed by atoms with Gasteiger partial charge in [0.2, 0.25) is 27.7 Å². The number of aromatic nitrogens is 1. The normalized spacial score (nSPS) is 20.1. The minimum atomic E-state index is -3.91. The van der Waals surface area contributed by atoms with E-state index in [0.29, 0.717) is 15.7 Å². The van der Waals surface area contributed by atoms with Crippen molar-refractivity contribution in [3.8, 4) is 0 Å². The monoisotopic (exact) mass is 614 g/mol. The third kappa shape index (κ3) is 4.80. The van der Waals surface area contributed by atoms with Crippen LogP contribution in [-0.4, -0.2) is 36.0 Å². The highest BCUT2D eigenvalue weighted by Gasteiger charge is 2.57. The summed E-state index contributed by atoms with van der Waals surface area (Å²) >= 11 is 1.89. The maximum absolute atomic E-state index is 13.7. The Morgan fingerprint density at radius 3 is 2.37 bits per heavy atom. The van der Waals surface area contributed by atoms with Crippen molar-refractivity contribution in [3.05, 3.63) is 93.0 Å². The molecule has 3 N–H and O–H groups in total. The zero-order valence-corrected chi connectivity index (χ0v) is 23.2. The van der Waals surface area contributed by atoms with Crippen molar-refractivity contribution in [2.24, 2.45) is 11.1 Å². The van der Waals surface area contributed by atoms with Gasteiger partial charge < -0.3 is 9.73 Å². The number of sulfonamides is 1. The van der Waals surface area contributed by atoms with Crippen molar-refractivity contribution in [1.29, 1.82) is 0 Å². The molecule has 15 heteroatoms. The number of carbonyl (C=O) groups is 3. The molecule has 2 aliphatic heterocycles. The fourth-order valence-electron chi connectivity index (χ4n) is 4.95. The second-order valence-electron chi connectivity index (χ2n) is 9.29. The summed E-state index contributed by atoms with van der Waals surface area (Å²) in [5, 5.41) is 7.15. The summed E-state index contributed by atoms with van der Waals surface area (Å²) in [4.78, 5) is 54.2. The molecule has 0 spiro atoms. The van der Waals surface area contributed by atoms with Gasteiger partial charge in [-0.05, 0) is 60.7 Å². The van der Waals surface area contributed by atoms with Gasteiger partial charge >= 0.3 is 4.87 Å². The number of thioether (sulfide) groups is 1. The number of hydrogen-bond donors (Lipinski definition) is 2. The Morgan fingerprint density at radius 1 is 1.02 bits per heavy atom. The van der Waals surface area contributed by atoms with E-state index < -0.39 is 62.1 Å². The molecule has 2 aliphatic rings. The number of imide groups is 1. The zero-order valence-electron chi connectivity index (χ0n) is 20.7. The number of benzene rings is 2. The highest BCUT2D eigenvalue weighted by Crippen LogP contribution is 2.53. The Hall–Kier alpha value is -4.05. The molecular formula is C26H19FN4O7S3. The number of primary sulfonamides is 1. The molecule has 4 aromatic rings. The summed E-state index contributed by atoms with van der Waals surface area (Å²) < 4.78 is 43.4. The predicted octanol–water partition coefficient (Wildman–Crippen LogP) is 2.72. The number of thiazole rings is 1. The summed E-state index contributed by atoms with van der Waals surface area (Å²) in [5.74, 6) is -3.39. The Labute approximate surface area is 239 Å². The van der Waals surface area contributed by atoms with Gasteiger partial charge in [0.05, 0.1) is 38.6 Å². The Bertz CT molecular complexity index is 1850. The number of halogens is 1. The van der Waals surface area contributed by atoms with Crippen LogP contribution < -0.4 is 20.2 Å². The first-order valence-electron chi connectivity index (χ1n) is 12.0. The van der Waals surface area contributed by atoms with Gasteiger partial charge in [-0.2, -0.15) is 0 Å². The topological polar surface area (TPSA) is 162 Å². The summed E-state index contributed by atoms with van der Waals surface area (Å²) in [6.45, 7) is -0.402. The van der Waals surface area contributed by atoms with Gasteiger partial charge in [-0.15, -0.1) is 0 Å². The molecule has 0 unspecified atom stereocenters. The fourth-order valence-corrected chi connectivity index (χ4v) is 8.22. The molecule has 41 heavy (non-hydrogen) atoms. The van der Waals surface area contributed by atoms with Crippen LogP contribution in [0.2, 0.25) is 0 Å². The van der Waals surface area contributed by atoms with Gasteiger partial charge in [0, 0.05) is 5.69 Å². The number of nitrogens with one attached hydrogen (secondary N) is 1. The zero-order chi connectivity index (χ0) is 29.1. The predicted molar refractivity (Wildman–Crippen MR) is 148 cm³/mol. The molecule has 6 rings (SSSR count). The Morgan fingerprint density at radius 2 is 1.73 bits per heavy atom. The van der Waals surface area contributed by atoms with E-state index in [0.717, 1.165) is 40.1 Å². The molecule has 0 radical (unpaired) electrons. The first-order valence-corrected chi connectivity index (χ1v) is 15.3. The SMILES string of the molecule is NS(=O)(=O)c1ccc(NC(=O)Cn2c3c(sc2=O)[C@@H](c2ccco2)[C@@H]2C(=O)N(c4ccc(F)cc4)C(=O)[C@@H]2S3)cc1. The molecule has 11 nitrogen and oxygen atoms in total. The number of fused-ring (bicyclic) bond motifs is 2. The molecule has 1 saturated heterocycles. The van der Waals surface area contributed by atoms with Gasteiger partial charge in [-0.1, -0.05) is 23.1 Å². The lowest BCUT2D eigenvalue weighted by Gasteiger charge is -2.29. The van der Waals surface area contributed by atoms with Crippen molar-refractivity contribution < 1.29 is 31.6 Å². The minimum absolute atomic E-state index is 0.126.